The smallest absolute Gasteiger partial charge is 0.248 e. The van der Waals surface area contributed by atoms with Gasteiger partial charge < -0.3 is 0 Å². The summed E-state index contributed by atoms with van der Waals surface area (Å²) >= 11 is 5.92. The first-order chi connectivity index (χ1) is 11.5. The van der Waals surface area contributed by atoms with E-state index in [2.05, 4.69) is 20.5 Å². The van der Waals surface area contributed by atoms with Crippen molar-refractivity contribution in [1.29, 1.82) is 0 Å². The van der Waals surface area contributed by atoms with Crippen LogP contribution >= 0.6 is 11.6 Å². The first-order valence-corrected chi connectivity index (χ1v) is 7.82. The molecule has 3 rings (SSSR count). The van der Waals surface area contributed by atoms with Crippen molar-refractivity contribution in [2.45, 2.75) is 26.9 Å². The fraction of sp³-hybridized carbons (Fsp3) is 0.250. The van der Waals surface area contributed by atoms with Crippen molar-refractivity contribution in [3.05, 3.63) is 58.6 Å². The first kappa shape index (κ1) is 16.2. The van der Waals surface area contributed by atoms with Crippen LogP contribution in [0.5, 0.6) is 0 Å². The number of halogens is 1. The number of anilines is 1. The Labute approximate surface area is 144 Å². The lowest BCUT2D eigenvalue weighted by molar-refractivity contribution is -0.117. The highest BCUT2D eigenvalue weighted by Gasteiger charge is 2.11. The largest absolute Gasteiger partial charge is 0.292 e. The van der Waals surface area contributed by atoms with Gasteiger partial charge in [-0.2, -0.15) is 5.10 Å². The fourth-order valence-electron chi connectivity index (χ4n) is 2.19. The Balaban J connectivity index is 1.60. The van der Waals surface area contributed by atoms with Gasteiger partial charge in [0.2, 0.25) is 11.9 Å². The molecule has 0 aliphatic carbocycles. The Morgan fingerprint density at radius 3 is 2.67 bits per heavy atom. The van der Waals surface area contributed by atoms with Crippen molar-refractivity contribution in [1.82, 2.24) is 24.5 Å². The van der Waals surface area contributed by atoms with Crippen LogP contribution in [0.25, 0.3) is 0 Å². The maximum Gasteiger partial charge on any atom is 0.248 e. The molecule has 0 aliphatic heterocycles. The van der Waals surface area contributed by atoms with Gasteiger partial charge in [-0.25, -0.2) is 9.67 Å². The second-order valence-electron chi connectivity index (χ2n) is 5.54. The number of hydrogen-bond acceptors (Lipinski definition) is 4. The topological polar surface area (TPSA) is 77.6 Å². The number of amides is 1. The monoisotopic (exact) mass is 344 g/mol. The van der Waals surface area contributed by atoms with Gasteiger partial charge in [0.25, 0.3) is 0 Å². The second kappa shape index (κ2) is 6.84. The molecule has 0 bridgehead atoms. The van der Waals surface area contributed by atoms with Crippen molar-refractivity contribution in [2.24, 2.45) is 0 Å². The Bertz CT molecular complexity index is 852. The Kier molecular flexibility index (Phi) is 4.61. The van der Waals surface area contributed by atoms with E-state index in [0.29, 0.717) is 11.6 Å². The Morgan fingerprint density at radius 1 is 1.25 bits per heavy atom. The van der Waals surface area contributed by atoms with Crippen molar-refractivity contribution in [3.8, 4) is 0 Å². The van der Waals surface area contributed by atoms with E-state index >= 15 is 0 Å². The molecule has 0 aliphatic rings. The van der Waals surface area contributed by atoms with Crippen molar-refractivity contribution in [3.63, 3.8) is 0 Å². The van der Waals surface area contributed by atoms with Gasteiger partial charge >= 0.3 is 0 Å². The standard InChI is InChI=1S/C16H17ClN6O/c1-11-3-5-13(6-4-11)8-22-10-18-16(21-22)20-15(24)9-23-12(2)14(17)7-19-23/h3-7,10H,8-9H2,1-2H3,(H,20,21,24). The first-order valence-electron chi connectivity index (χ1n) is 7.44. The number of aromatic nitrogens is 5. The minimum Gasteiger partial charge on any atom is -0.292 e. The zero-order valence-electron chi connectivity index (χ0n) is 13.4. The van der Waals surface area contributed by atoms with Gasteiger partial charge in [0.05, 0.1) is 23.5 Å². The van der Waals surface area contributed by atoms with Crippen molar-refractivity contribution >= 4 is 23.5 Å². The minimum atomic E-state index is -0.258. The van der Waals surface area contributed by atoms with Gasteiger partial charge in [-0.3, -0.25) is 14.8 Å². The molecule has 8 heteroatoms. The van der Waals surface area contributed by atoms with Crippen LogP contribution in [0.3, 0.4) is 0 Å². The molecule has 7 nitrogen and oxygen atoms in total. The lowest BCUT2D eigenvalue weighted by atomic mass is 10.1. The molecule has 2 aromatic heterocycles. The molecule has 3 aromatic rings. The highest BCUT2D eigenvalue weighted by Crippen LogP contribution is 2.13. The zero-order chi connectivity index (χ0) is 17.1. The molecular weight excluding hydrogens is 328 g/mol. The van der Waals surface area contributed by atoms with Crippen LogP contribution in [0.4, 0.5) is 5.95 Å². The quantitative estimate of drug-likeness (QED) is 0.771. The molecule has 1 aromatic carbocycles. The van der Waals surface area contributed by atoms with Crippen LogP contribution in [0, 0.1) is 13.8 Å². The van der Waals surface area contributed by atoms with Gasteiger partial charge in [-0.1, -0.05) is 41.4 Å². The maximum absolute atomic E-state index is 12.0. The summed E-state index contributed by atoms with van der Waals surface area (Å²) in [6, 6.07) is 8.18. The third-order valence-electron chi connectivity index (χ3n) is 3.59. The number of hydrogen-bond donors (Lipinski definition) is 1. The molecule has 0 saturated heterocycles. The predicted octanol–water partition coefficient (Wildman–Crippen LogP) is 2.43. The number of nitrogens with zero attached hydrogens (tertiary/aromatic N) is 5. The minimum absolute atomic E-state index is 0.0606. The molecule has 0 atom stereocenters. The van der Waals surface area contributed by atoms with Gasteiger partial charge in [-0.05, 0) is 19.4 Å². The van der Waals surface area contributed by atoms with E-state index in [1.54, 1.807) is 17.9 Å². The van der Waals surface area contributed by atoms with Crippen molar-refractivity contribution in [2.75, 3.05) is 5.32 Å². The van der Waals surface area contributed by atoms with Crippen LogP contribution in [-0.2, 0) is 17.9 Å². The summed E-state index contributed by atoms with van der Waals surface area (Å²) in [5.41, 5.74) is 3.06. The lowest BCUT2D eigenvalue weighted by Crippen LogP contribution is -2.21. The summed E-state index contributed by atoms with van der Waals surface area (Å²) < 4.78 is 3.21. The summed E-state index contributed by atoms with van der Waals surface area (Å²) in [7, 11) is 0. The molecular formula is C16H17ClN6O. The molecule has 0 radical (unpaired) electrons. The average Bonchev–Trinajstić information content (AvgIpc) is 3.11. The number of benzene rings is 1. The Hall–Kier alpha value is -2.67. The lowest BCUT2D eigenvalue weighted by Gasteiger charge is -2.04. The molecule has 0 spiro atoms. The van der Waals surface area contributed by atoms with Crippen LogP contribution < -0.4 is 5.32 Å². The number of carbonyl (C=O) groups is 1. The molecule has 24 heavy (non-hydrogen) atoms. The number of rotatable bonds is 5. The summed E-state index contributed by atoms with van der Waals surface area (Å²) in [5.74, 6) is 0.00831. The predicted molar refractivity (Wildman–Crippen MR) is 90.9 cm³/mol. The molecule has 124 valence electrons. The van der Waals surface area contributed by atoms with Crippen LogP contribution in [0.1, 0.15) is 16.8 Å². The van der Waals surface area contributed by atoms with Crippen LogP contribution in [0.15, 0.2) is 36.8 Å². The van der Waals surface area contributed by atoms with E-state index in [9.17, 15) is 4.79 Å². The van der Waals surface area contributed by atoms with E-state index in [-0.39, 0.29) is 18.4 Å². The van der Waals surface area contributed by atoms with E-state index in [1.807, 2.05) is 31.2 Å². The summed E-state index contributed by atoms with van der Waals surface area (Å²) in [4.78, 5) is 16.1. The molecule has 1 N–H and O–H groups in total. The van der Waals surface area contributed by atoms with E-state index in [4.69, 9.17) is 11.6 Å². The average molecular weight is 345 g/mol. The maximum atomic E-state index is 12.0. The highest BCUT2D eigenvalue weighted by molar-refractivity contribution is 6.31. The summed E-state index contributed by atoms with van der Waals surface area (Å²) in [6.45, 7) is 4.50. The van der Waals surface area contributed by atoms with Gasteiger partial charge in [0.1, 0.15) is 12.9 Å². The number of aryl methyl sites for hydroxylation is 1. The van der Waals surface area contributed by atoms with Gasteiger partial charge in [-0.15, -0.1) is 5.10 Å². The van der Waals surface area contributed by atoms with Gasteiger partial charge in [0.15, 0.2) is 0 Å². The highest BCUT2D eigenvalue weighted by atomic mass is 35.5. The summed E-state index contributed by atoms with van der Waals surface area (Å²) in [5, 5.41) is 11.5. The number of carbonyl (C=O) groups excluding carboxylic acids is 1. The molecule has 0 unspecified atom stereocenters. The third-order valence-corrected chi connectivity index (χ3v) is 3.96. The normalized spacial score (nSPS) is 10.8. The van der Waals surface area contributed by atoms with Crippen molar-refractivity contribution < 1.29 is 4.79 Å². The summed E-state index contributed by atoms with van der Waals surface area (Å²) in [6.07, 6.45) is 3.10. The molecule has 1 amide bonds. The molecule has 0 saturated carbocycles. The second-order valence-corrected chi connectivity index (χ2v) is 5.94. The van der Waals surface area contributed by atoms with Crippen LogP contribution in [-0.4, -0.2) is 30.5 Å². The van der Waals surface area contributed by atoms with E-state index in [0.717, 1.165) is 11.3 Å². The zero-order valence-corrected chi connectivity index (χ0v) is 14.2. The third kappa shape index (κ3) is 3.80. The van der Waals surface area contributed by atoms with E-state index in [1.165, 1.54) is 16.4 Å². The van der Waals surface area contributed by atoms with Crippen LogP contribution in [0.2, 0.25) is 5.02 Å². The number of nitrogens with one attached hydrogen (secondary N) is 1. The SMILES string of the molecule is Cc1ccc(Cn2cnc(NC(=O)Cn3ncc(Cl)c3C)n2)cc1. The molecule has 0 fully saturated rings. The van der Waals surface area contributed by atoms with Gasteiger partial charge in [0, 0.05) is 0 Å². The van der Waals surface area contributed by atoms with E-state index < -0.39 is 0 Å². The fourth-order valence-corrected chi connectivity index (χ4v) is 2.33. The Morgan fingerprint density at radius 2 is 2.00 bits per heavy atom. The molecule has 2 heterocycles.